The molecule has 2 heterocycles. The predicted molar refractivity (Wildman–Crippen MR) is 137 cm³/mol. The fourth-order valence-electron chi connectivity index (χ4n) is 4.71. The smallest absolute Gasteiger partial charge is 0.248 e. The molecule has 1 saturated heterocycles. The van der Waals surface area contributed by atoms with Crippen molar-refractivity contribution in [1.82, 2.24) is 9.46 Å². The quantitative estimate of drug-likeness (QED) is 0.488. The Morgan fingerprint density at radius 3 is 2.53 bits per heavy atom. The summed E-state index contributed by atoms with van der Waals surface area (Å²) in [5, 5.41) is 6.50. The number of anilines is 1. The van der Waals surface area contributed by atoms with Crippen molar-refractivity contribution in [3.8, 4) is 0 Å². The molecule has 4 rings (SSSR count). The molecule has 0 unspecified atom stereocenters. The highest BCUT2D eigenvalue weighted by Gasteiger charge is 2.37. The Kier molecular flexibility index (Phi) is 7.42. The molecule has 0 spiro atoms. The van der Waals surface area contributed by atoms with Gasteiger partial charge in [0, 0.05) is 13.1 Å². The summed E-state index contributed by atoms with van der Waals surface area (Å²) in [6, 6.07) is 10.0. The summed E-state index contributed by atoms with van der Waals surface area (Å²) in [5.74, 6) is -1.41. The zero-order valence-corrected chi connectivity index (χ0v) is 21.7. The van der Waals surface area contributed by atoms with Crippen LogP contribution < -0.4 is 5.32 Å². The number of hydrogen-bond donors (Lipinski definition) is 1. The molecule has 0 radical (unpaired) electrons. The SMILES string of the molecule is Cc1cc(C)c(/C=C/c2onc(C)c2S(=O)(=O)N2CCC[C@H](C(=O)Nc3ccccc3F)C2)c(C)c1. The first-order chi connectivity index (χ1) is 17.1. The van der Waals surface area contributed by atoms with E-state index in [-0.39, 0.29) is 35.1 Å². The molecule has 2 aromatic carbocycles. The zero-order valence-electron chi connectivity index (χ0n) is 20.8. The molecule has 190 valence electrons. The topological polar surface area (TPSA) is 92.5 Å². The van der Waals surface area contributed by atoms with Crippen molar-refractivity contribution >= 4 is 33.8 Å². The van der Waals surface area contributed by atoms with E-state index >= 15 is 0 Å². The van der Waals surface area contributed by atoms with Crippen LogP contribution >= 0.6 is 0 Å². The van der Waals surface area contributed by atoms with E-state index in [4.69, 9.17) is 4.52 Å². The Balaban J connectivity index is 1.57. The molecule has 1 aliphatic rings. The fraction of sp³-hybridized carbons (Fsp3) is 0.333. The standard InChI is InChI=1S/C27H30FN3O4S/c1-17-14-18(2)22(19(3)15-17)11-12-25-26(20(4)30-35-25)36(33,34)31-13-7-8-21(16-31)27(32)29-24-10-6-5-9-23(24)28/h5-6,9-12,14-15,21H,7-8,13,16H2,1-4H3,(H,29,32)/b12-11+/t21-/m0/s1. The van der Waals surface area contributed by atoms with E-state index in [2.05, 4.69) is 22.6 Å². The number of aromatic nitrogens is 1. The molecule has 36 heavy (non-hydrogen) atoms. The molecule has 1 N–H and O–H groups in total. The van der Waals surface area contributed by atoms with Gasteiger partial charge in [-0.1, -0.05) is 41.1 Å². The molecule has 7 nitrogen and oxygen atoms in total. The molecule has 0 bridgehead atoms. The Bertz CT molecular complexity index is 1410. The maximum Gasteiger partial charge on any atom is 0.248 e. The number of aryl methyl sites for hydroxylation is 4. The van der Waals surface area contributed by atoms with Crippen LogP contribution in [0.5, 0.6) is 0 Å². The Labute approximate surface area is 211 Å². The summed E-state index contributed by atoms with van der Waals surface area (Å²) in [6.07, 6.45) is 4.48. The highest BCUT2D eigenvalue weighted by atomic mass is 32.2. The number of para-hydroxylation sites is 1. The minimum atomic E-state index is -3.99. The van der Waals surface area contributed by atoms with Crippen LogP contribution in [0.4, 0.5) is 10.1 Å². The van der Waals surface area contributed by atoms with Gasteiger partial charge in [0.25, 0.3) is 0 Å². The van der Waals surface area contributed by atoms with E-state index in [1.165, 1.54) is 22.5 Å². The highest BCUT2D eigenvalue weighted by molar-refractivity contribution is 7.89. The number of nitrogens with one attached hydrogen (secondary N) is 1. The van der Waals surface area contributed by atoms with Crippen molar-refractivity contribution in [3.63, 3.8) is 0 Å². The second-order valence-electron chi connectivity index (χ2n) is 9.28. The molecule has 1 aromatic heterocycles. The normalized spacial score (nSPS) is 17.0. The van der Waals surface area contributed by atoms with E-state index < -0.39 is 27.7 Å². The minimum Gasteiger partial charge on any atom is -0.355 e. The summed E-state index contributed by atoms with van der Waals surface area (Å²) >= 11 is 0. The maximum atomic E-state index is 14.0. The highest BCUT2D eigenvalue weighted by Crippen LogP contribution is 2.30. The van der Waals surface area contributed by atoms with Gasteiger partial charge in [-0.3, -0.25) is 4.79 Å². The first-order valence-corrected chi connectivity index (χ1v) is 13.3. The Morgan fingerprint density at radius 1 is 1.14 bits per heavy atom. The molecule has 3 aromatic rings. The summed E-state index contributed by atoms with van der Waals surface area (Å²) in [5.41, 5.74) is 4.62. The average molecular weight is 512 g/mol. The average Bonchev–Trinajstić information content (AvgIpc) is 3.21. The lowest BCUT2D eigenvalue weighted by molar-refractivity contribution is -0.120. The van der Waals surface area contributed by atoms with Crippen LogP contribution in [0.3, 0.4) is 0 Å². The van der Waals surface area contributed by atoms with E-state index in [1.807, 2.05) is 26.8 Å². The van der Waals surface area contributed by atoms with Gasteiger partial charge in [0.2, 0.25) is 15.9 Å². The van der Waals surface area contributed by atoms with Crippen LogP contribution in [-0.2, 0) is 14.8 Å². The van der Waals surface area contributed by atoms with Gasteiger partial charge in [-0.15, -0.1) is 0 Å². The van der Waals surface area contributed by atoms with Gasteiger partial charge in [-0.25, -0.2) is 12.8 Å². The van der Waals surface area contributed by atoms with E-state index in [0.29, 0.717) is 12.8 Å². The van der Waals surface area contributed by atoms with Crippen LogP contribution in [0.15, 0.2) is 45.8 Å². The second kappa shape index (κ2) is 10.4. The van der Waals surface area contributed by atoms with Crippen molar-refractivity contribution in [3.05, 3.63) is 75.9 Å². The number of amides is 1. The molecule has 1 fully saturated rings. The van der Waals surface area contributed by atoms with Gasteiger partial charge in [0.05, 0.1) is 11.6 Å². The minimum absolute atomic E-state index is 0.00340. The molecule has 0 saturated carbocycles. The van der Waals surface area contributed by atoms with Gasteiger partial charge in [-0.05, 0) is 75.4 Å². The third kappa shape index (κ3) is 5.27. The molecular formula is C27H30FN3O4S. The first kappa shape index (κ1) is 25.8. The van der Waals surface area contributed by atoms with Crippen molar-refractivity contribution in [2.45, 2.75) is 45.4 Å². The van der Waals surface area contributed by atoms with Crippen LogP contribution in [0.25, 0.3) is 12.2 Å². The number of sulfonamides is 1. The third-order valence-corrected chi connectivity index (χ3v) is 8.48. The van der Waals surface area contributed by atoms with Gasteiger partial charge in [0.1, 0.15) is 11.5 Å². The van der Waals surface area contributed by atoms with E-state index in [9.17, 15) is 17.6 Å². The lowest BCUT2D eigenvalue weighted by Gasteiger charge is -2.31. The molecule has 0 aliphatic carbocycles. The number of carbonyl (C=O) groups is 1. The first-order valence-electron chi connectivity index (χ1n) is 11.9. The molecule has 9 heteroatoms. The third-order valence-electron chi connectivity index (χ3n) is 6.46. The second-order valence-corrected chi connectivity index (χ2v) is 11.2. The molecule has 1 atom stereocenters. The van der Waals surface area contributed by atoms with Crippen LogP contribution in [0.1, 0.15) is 46.5 Å². The summed E-state index contributed by atoms with van der Waals surface area (Å²) in [6.45, 7) is 7.89. The number of piperidine rings is 1. The molecule has 1 aliphatic heterocycles. The van der Waals surface area contributed by atoms with Crippen LogP contribution in [0.2, 0.25) is 0 Å². The van der Waals surface area contributed by atoms with Gasteiger partial charge in [-0.2, -0.15) is 4.31 Å². The Morgan fingerprint density at radius 2 is 1.83 bits per heavy atom. The van der Waals surface area contributed by atoms with Crippen molar-refractivity contribution in [2.75, 3.05) is 18.4 Å². The van der Waals surface area contributed by atoms with E-state index in [1.54, 1.807) is 19.1 Å². The molecular weight excluding hydrogens is 481 g/mol. The monoisotopic (exact) mass is 511 g/mol. The predicted octanol–water partition coefficient (Wildman–Crippen LogP) is 5.26. The number of rotatable bonds is 6. The van der Waals surface area contributed by atoms with Gasteiger partial charge >= 0.3 is 0 Å². The van der Waals surface area contributed by atoms with Crippen LogP contribution in [0, 0.1) is 39.4 Å². The van der Waals surface area contributed by atoms with E-state index in [0.717, 1.165) is 22.3 Å². The lowest BCUT2D eigenvalue weighted by Crippen LogP contribution is -2.44. The summed E-state index contributed by atoms with van der Waals surface area (Å²) in [4.78, 5) is 12.8. The summed E-state index contributed by atoms with van der Waals surface area (Å²) < 4.78 is 48.0. The zero-order chi connectivity index (χ0) is 26.0. The van der Waals surface area contributed by atoms with Gasteiger partial charge in [0.15, 0.2) is 10.7 Å². The van der Waals surface area contributed by atoms with Crippen molar-refractivity contribution in [1.29, 1.82) is 0 Å². The number of halogens is 1. The van der Waals surface area contributed by atoms with Crippen molar-refractivity contribution < 1.29 is 22.1 Å². The van der Waals surface area contributed by atoms with Crippen molar-refractivity contribution in [2.24, 2.45) is 5.92 Å². The number of carbonyl (C=O) groups excluding carboxylic acids is 1. The number of hydrogen-bond acceptors (Lipinski definition) is 5. The Hall–Kier alpha value is -3.30. The van der Waals surface area contributed by atoms with Crippen LogP contribution in [-0.4, -0.2) is 36.9 Å². The maximum absolute atomic E-state index is 14.0. The summed E-state index contributed by atoms with van der Waals surface area (Å²) in [7, 11) is -3.99. The number of benzene rings is 2. The fourth-order valence-corrected chi connectivity index (χ4v) is 6.49. The number of nitrogens with zero attached hydrogens (tertiary/aromatic N) is 2. The largest absolute Gasteiger partial charge is 0.355 e. The van der Waals surface area contributed by atoms with Gasteiger partial charge < -0.3 is 9.84 Å². The lowest BCUT2D eigenvalue weighted by atomic mass is 9.98. The molecule has 1 amide bonds.